The Balaban J connectivity index is 4.72. The van der Waals surface area contributed by atoms with Gasteiger partial charge in [-0.05, 0) is 19.3 Å². The fourth-order valence-electron chi connectivity index (χ4n) is 1.74. The molecule has 0 aliphatic rings. The van der Waals surface area contributed by atoms with Crippen LogP contribution in [0.1, 0.15) is 47.5 Å². The number of hydrogen-bond acceptors (Lipinski definition) is 2. The lowest BCUT2D eigenvalue weighted by Gasteiger charge is -2.34. The zero-order valence-electron chi connectivity index (χ0n) is 9.55. The minimum absolute atomic E-state index is 0.198. The molecule has 0 aromatic rings. The summed E-state index contributed by atoms with van der Waals surface area (Å²) in [5.74, 6) is 0.611. The summed E-state index contributed by atoms with van der Waals surface area (Å²) in [4.78, 5) is 11.9. The van der Waals surface area contributed by atoms with E-state index in [-0.39, 0.29) is 17.2 Å². The zero-order chi connectivity index (χ0) is 10.6. The van der Waals surface area contributed by atoms with Crippen LogP contribution in [0.15, 0.2) is 0 Å². The molecule has 2 heteroatoms. The first kappa shape index (κ1) is 12.6. The Bertz CT molecular complexity index is 177. The lowest BCUT2D eigenvalue weighted by atomic mass is 9.70. The Hall–Kier alpha value is -0.370. The van der Waals surface area contributed by atoms with Crippen molar-refractivity contribution in [1.82, 2.24) is 0 Å². The molecule has 0 amide bonds. The first-order chi connectivity index (χ1) is 5.90. The van der Waals surface area contributed by atoms with E-state index in [0.29, 0.717) is 5.92 Å². The summed E-state index contributed by atoms with van der Waals surface area (Å²) in [5.41, 5.74) is 5.41. The second-order valence-electron chi connectivity index (χ2n) is 4.23. The third-order valence-corrected chi connectivity index (χ3v) is 3.41. The molecule has 0 saturated carbocycles. The smallest absolute Gasteiger partial charge is 0.155 e. The molecule has 0 spiro atoms. The van der Waals surface area contributed by atoms with Crippen molar-refractivity contribution >= 4 is 5.78 Å². The van der Waals surface area contributed by atoms with Crippen molar-refractivity contribution in [2.24, 2.45) is 17.1 Å². The molecule has 0 radical (unpaired) electrons. The number of Topliss-reactive ketones (excluding diaryl/α,β-unsaturated/α-hetero) is 1. The first-order valence-electron chi connectivity index (χ1n) is 5.20. The van der Waals surface area contributed by atoms with Crippen LogP contribution in [0.25, 0.3) is 0 Å². The SMILES string of the molecule is CCC(C)C(C)(CC)C(=O)C(C)N. The summed E-state index contributed by atoms with van der Waals surface area (Å²) >= 11 is 0. The molecule has 0 saturated heterocycles. The van der Waals surface area contributed by atoms with Crippen LogP contribution < -0.4 is 5.73 Å². The zero-order valence-corrected chi connectivity index (χ0v) is 9.55. The second-order valence-corrected chi connectivity index (χ2v) is 4.23. The predicted molar refractivity (Wildman–Crippen MR) is 56.5 cm³/mol. The minimum Gasteiger partial charge on any atom is -0.322 e. The average molecular weight is 185 g/mol. The monoisotopic (exact) mass is 185 g/mol. The molecule has 3 atom stereocenters. The molecule has 0 aliphatic heterocycles. The maximum Gasteiger partial charge on any atom is 0.155 e. The lowest BCUT2D eigenvalue weighted by Crippen LogP contribution is -2.43. The third kappa shape index (κ3) is 2.53. The summed E-state index contributed by atoms with van der Waals surface area (Å²) in [7, 11) is 0. The van der Waals surface area contributed by atoms with Gasteiger partial charge in [0.25, 0.3) is 0 Å². The fourth-order valence-corrected chi connectivity index (χ4v) is 1.74. The van der Waals surface area contributed by atoms with E-state index in [1.807, 2.05) is 6.92 Å². The Morgan fingerprint density at radius 1 is 1.38 bits per heavy atom. The number of nitrogens with two attached hydrogens (primary N) is 1. The van der Waals surface area contributed by atoms with E-state index in [2.05, 4.69) is 20.8 Å². The average Bonchev–Trinajstić information content (AvgIpc) is 2.13. The topological polar surface area (TPSA) is 43.1 Å². The first-order valence-corrected chi connectivity index (χ1v) is 5.20. The standard InChI is InChI=1S/C11H23NO/c1-6-8(3)11(5,7-2)10(13)9(4)12/h8-9H,6-7,12H2,1-5H3. The number of carbonyl (C=O) groups is 1. The van der Waals surface area contributed by atoms with Crippen LogP contribution in [0.2, 0.25) is 0 Å². The van der Waals surface area contributed by atoms with Crippen LogP contribution in [-0.4, -0.2) is 11.8 Å². The highest BCUT2D eigenvalue weighted by Gasteiger charge is 2.37. The van der Waals surface area contributed by atoms with Crippen LogP contribution in [0.3, 0.4) is 0 Å². The van der Waals surface area contributed by atoms with E-state index >= 15 is 0 Å². The molecule has 0 heterocycles. The number of ketones is 1. The molecule has 0 rings (SSSR count). The summed E-state index contributed by atoms with van der Waals surface area (Å²) in [6.07, 6.45) is 1.91. The molecule has 0 aromatic heterocycles. The van der Waals surface area contributed by atoms with Gasteiger partial charge >= 0.3 is 0 Å². The number of carbonyl (C=O) groups excluding carboxylic acids is 1. The molecule has 2 N–H and O–H groups in total. The largest absolute Gasteiger partial charge is 0.322 e. The van der Waals surface area contributed by atoms with Crippen LogP contribution in [0, 0.1) is 11.3 Å². The number of hydrogen-bond donors (Lipinski definition) is 1. The number of rotatable bonds is 5. The molecule has 0 aliphatic carbocycles. The van der Waals surface area contributed by atoms with E-state index in [1.165, 1.54) is 0 Å². The Morgan fingerprint density at radius 3 is 2.08 bits per heavy atom. The van der Waals surface area contributed by atoms with Crippen molar-refractivity contribution in [2.75, 3.05) is 0 Å². The summed E-state index contributed by atoms with van der Waals surface area (Å²) in [6.45, 7) is 10.1. The van der Waals surface area contributed by atoms with Crippen LogP contribution in [0.4, 0.5) is 0 Å². The summed E-state index contributed by atoms with van der Waals surface area (Å²) < 4.78 is 0. The van der Waals surface area contributed by atoms with Gasteiger partial charge in [0.2, 0.25) is 0 Å². The quantitative estimate of drug-likeness (QED) is 0.714. The van der Waals surface area contributed by atoms with Gasteiger partial charge in [0.05, 0.1) is 6.04 Å². The van der Waals surface area contributed by atoms with Crippen LogP contribution in [0.5, 0.6) is 0 Å². The van der Waals surface area contributed by atoms with Gasteiger partial charge in [0, 0.05) is 5.41 Å². The van der Waals surface area contributed by atoms with Crippen molar-refractivity contribution in [3.63, 3.8) is 0 Å². The van der Waals surface area contributed by atoms with E-state index < -0.39 is 0 Å². The molecular weight excluding hydrogens is 162 g/mol. The van der Waals surface area contributed by atoms with Gasteiger partial charge in [0.1, 0.15) is 0 Å². The molecule has 13 heavy (non-hydrogen) atoms. The highest BCUT2D eigenvalue weighted by Crippen LogP contribution is 2.34. The maximum atomic E-state index is 11.9. The van der Waals surface area contributed by atoms with Gasteiger partial charge in [0.15, 0.2) is 5.78 Å². The van der Waals surface area contributed by atoms with E-state index in [0.717, 1.165) is 12.8 Å². The molecule has 2 nitrogen and oxygen atoms in total. The van der Waals surface area contributed by atoms with Crippen molar-refractivity contribution < 1.29 is 4.79 Å². The fraction of sp³-hybridized carbons (Fsp3) is 0.909. The predicted octanol–water partition coefficient (Wildman–Crippen LogP) is 2.37. The van der Waals surface area contributed by atoms with Gasteiger partial charge < -0.3 is 5.73 Å². The highest BCUT2D eigenvalue weighted by atomic mass is 16.1. The highest BCUT2D eigenvalue weighted by molar-refractivity contribution is 5.89. The molecular formula is C11H23NO. The Labute approximate surface area is 81.9 Å². The lowest BCUT2D eigenvalue weighted by molar-refractivity contribution is -0.131. The van der Waals surface area contributed by atoms with Crippen molar-refractivity contribution in [1.29, 1.82) is 0 Å². The Kier molecular flexibility index (Phi) is 4.62. The van der Waals surface area contributed by atoms with Crippen LogP contribution >= 0.6 is 0 Å². The molecule has 78 valence electrons. The molecule has 0 aromatic carbocycles. The minimum atomic E-state index is -0.334. The molecule has 3 unspecified atom stereocenters. The Morgan fingerprint density at radius 2 is 1.85 bits per heavy atom. The molecule has 0 fully saturated rings. The molecule has 0 bridgehead atoms. The van der Waals surface area contributed by atoms with Crippen molar-refractivity contribution in [3.8, 4) is 0 Å². The van der Waals surface area contributed by atoms with E-state index in [9.17, 15) is 4.79 Å². The van der Waals surface area contributed by atoms with Gasteiger partial charge in [-0.1, -0.05) is 34.1 Å². The van der Waals surface area contributed by atoms with Gasteiger partial charge in [-0.3, -0.25) is 4.79 Å². The third-order valence-electron chi connectivity index (χ3n) is 3.41. The van der Waals surface area contributed by atoms with Gasteiger partial charge in [-0.15, -0.1) is 0 Å². The summed E-state index contributed by atoms with van der Waals surface area (Å²) in [6, 6.07) is -0.334. The van der Waals surface area contributed by atoms with Gasteiger partial charge in [-0.25, -0.2) is 0 Å². The van der Waals surface area contributed by atoms with Crippen molar-refractivity contribution in [3.05, 3.63) is 0 Å². The normalized spacial score (nSPS) is 20.5. The van der Waals surface area contributed by atoms with Crippen molar-refractivity contribution in [2.45, 2.75) is 53.5 Å². The van der Waals surface area contributed by atoms with E-state index in [1.54, 1.807) is 6.92 Å². The van der Waals surface area contributed by atoms with E-state index in [4.69, 9.17) is 5.73 Å². The second kappa shape index (κ2) is 4.75. The summed E-state index contributed by atoms with van der Waals surface area (Å²) in [5, 5.41) is 0. The van der Waals surface area contributed by atoms with Gasteiger partial charge in [-0.2, -0.15) is 0 Å². The maximum absolute atomic E-state index is 11.9. The van der Waals surface area contributed by atoms with Crippen LogP contribution in [-0.2, 0) is 4.79 Å².